The number of ether oxygens (including phenoxy) is 3. The monoisotopic (exact) mass is 464 g/mol. The Labute approximate surface area is 195 Å². The summed E-state index contributed by atoms with van der Waals surface area (Å²) in [5.74, 6) is 1.83. The number of anilines is 1. The molecule has 4 aromatic rings. The molecule has 1 N–H and O–H groups in total. The van der Waals surface area contributed by atoms with Crippen molar-refractivity contribution in [2.45, 2.75) is 27.4 Å². The van der Waals surface area contributed by atoms with Gasteiger partial charge in [-0.3, -0.25) is 4.79 Å². The normalized spacial score (nSPS) is 10.9. The summed E-state index contributed by atoms with van der Waals surface area (Å²) < 4.78 is 16.4. The Morgan fingerprint density at radius 1 is 1.06 bits per heavy atom. The molecule has 170 valence electrons. The van der Waals surface area contributed by atoms with Crippen LogP contribution in [0.2, 0.25) is 0 Å². The average molecular weight is 465 g/mol. The van der Waals surface area contributed by atoms with E-state index in [1.807, 2.05) is 39.0 Å². The highest BCUT2D eigenvalue weighted by molar-refractivity contribution is 7.20. The molecule has 0 saturated carbocycles. The molecule has 9 heteroatoms. The minimum Gasteiger partial charge on any atom is -0.480 e. The fraction of sp³-hybridized carbons (Fsp3) is 0.250. The largest absolute Gasteiger partial charge is 0.480 e. The summed E-state index contributed by atoms with van der Waals surface area (Å²) >= 11 is 1.28. The lowest BCUT2D eigenvalue weighted by Crippen LogP contribution is -2.11. The van der Waals surface area contributed by atoms with E-state index in [9.17, 15) is 4.79 Å². The SMILES string of the molecule is COCc1nc(OC)c2c(C)c(C(=O)Nc3ccc(Oc4ccc(C)c(C)c4)nc3)sc2n1. The predicted octanol–water partition coefficient (Wildman–Crippen LogP) is 5.21. The minimum absolute atomic E-state index is 0.254. The number of aromatic nitrogens is 3. The lowest BCUT2D eigenvalue weighted by Gasteiger charge is -2.08. The maximum absolute atomic E-state index is 13.0. The molecule has 0 unspecified atom stereocenters. The number of amides is 1. The van der Waals surface area contributed by atoms with Gasteiger partial charge in [-0.15, -0.1) is 11.3 Å². The standard InChI is InChI=1S/C24H24N4O4S/c1-13-6-8-17(10-14(13)2)32-19-9-7-16(11-25-19)26-22(29)21-15(3)20-23(31-5)27-18(12-30-4)28-24(20)33-21/h6-11H,12H2,1-5H3,(H,26,29). The first-order valence-electron chi connectivity index (χ1n) is 10.2. The second kappa shape index (κ2) is 9.51. The van der Waals surface area contributed by atoms with Crippen LogP contribution < -0.4 is 14.8 Å². The van der Waals surface area contributed by atoms with E-state index < -0.39 is 0 Å². The third-order valence-electron chi connectivity index (χ3n) is 5.17. The molecule has 1 amide bonds. The van der Waals surface area contributed by atoms with Gasteiger partial charge in [0.2, 0.25) is 11.8 Å². The van der Waals surface area contributed by atoms with Crippen molar-refractivity contribution in [3.8, 4) is 17.5 Å². The first-order chi connectivity index (χ1) is 15.9. The van der Waals surface area contributed by atoms with Gasteiger partial charge >= 0.3 is 0 Å². The van der Waals surface area contributed by atoms with Gasteiger partial charge in [-0.25, -0.2) is 9.97 Å². The van der Waals surface area contributed by atoms with Crippen molar-refractivity contribution in [1.82, 2.24) is 15.0 Å². The Hall–Kier alpha value is -3.56. The minimum atomic E-state index is -0.254. The van der Waals surface area contributed by atoms with E-state index in [0.717, 1.165) is 16.5 Å². The van der Waals surface area contributed by atoms with Crippen LogP contribution in [0.25, 0.3) is 10.2 Å². The van der Waals surface area contributed by atoms with Crippen molar-refractivity contribution >= 4 is 33.1 Å². The molecule has 33 heavy (non-hydrogen) atoms. The van der Waals surface area contributed by atoms with E-state index in [-0.39, 0.29) is 12.5 Å². The number of nitrogens with zero attached hydrogens (tertiary/aromatic N) is 3. The Balaban J connectivity index is 1.53. The smallest absolute Gasteiger partial charge is 0.266 e. The van der Waals surface area contributed by atoms with Gasteiger partial charge in [-0.1, -0.05) is 6.07 Å². The molecular formula is C24H24N4O4S. The van der Waals surface area contributed by atoms with Gasteiger partial charge in [0.05, 0.1) is 29.3 Å². The fourth-order valence-corrected chi connectivity index (χ4v) is 4.39. The molecule has 8 nitrogen and oxygen atoms in total. The summed E-state index contributed by atoms with van der Waals surface area (Å²) in [6.07, 6.45) is 1.56. The number of thiophene rings is 1. The number of pyridine rings is 1. The number of hydrogen-bond donors (Lipinski definition) is 1. The Morgan fingerprint density at radius 3 is 2.55 bits per heavy atom. The lowest BCUT2D eigenvalue weighted by atomic mass is 10.1. The Bertz CT molecular complexity index is 1320. The zero-order chi connectivity index (χ0) is 23.5. The van der Waals surface area contributed by atoms with Crippen molar-refractivity contribution in [2.24, 2.45) is 0 Å². The molecule has 3 aromatic heterocycles. The van der Waals surface area contributed by atoms with Crippen molar-refractivity contribution in [3.05, 3.63) is 63.9 Å². The van der Waals surface area contributed by atoms with Crippen molar-refractivity contribution < 1.29 is 19.0 Å². The van der Waals surface area contributed by atoms with Crippen LogP contribution in [0.1, 0.15) is 32.2 Å². The van der Waals surface area contributed by atoms with E-state index in [1.54, 1.807) is 32.5 Å². The predicted molar refractivity (Wildman–Crippen MR) is 128 cm³/mol. The van der Waals surface area contributed by atoms with Crippen LogP contribution in [-0.2, 0) is 11.3 Å². The first-order valence-corrected chi connectivity index (χ1v) is 11.1. The van der Waals surface area contributed by atoms with Gasteiger partial charge < -0.3 is 19.5 Å². The molecule has 4 rings (SSSR count). The summed E-state index contributed by atoms with van der Waals surface area (Å²) in [6, 6.07) is 9.34. The molecule has 0 bridgehead atoms. The number of nitrogens with one attached hydrogen (secondary N) is 1. The van der Waals surface area contributed by atoms with E-state index >= 15 is 0 Å². The number of methoxy groups -OCH3 is 2. The average Bonchev–Trinajstić information content (AvgIpc) is 3.14. The molecule has 0 atom stereocenters. The van der Waals surface area contributed by atoms with Crippen LogP contribution in [0.5, 0.6) is 17.5 Å². The molecule has 1 aromatic carbocycles. The Kier molecular flexibility index (Phi) is 6.52. The van der Waals surface area contributed by atoms with Gasteiger partial charge in [-0.2, -0.15) is 4.98 Å². The van der Waals surface area contributed by atoms with Gasteiger partial charge in [0.1, 0.15) is 17.2 Å². The van der Waals surface area contributed by atoms with E-state index in [0.29, 0.717) is 38.7 Å². The van der Waals surface area contributed by atoms with Gasteiger partial charge in [0.15, 0.2) is 5.82 Å². The second-order valence-corrected chi connectivity index (χ2v) is 8.50. The zero-order valence-electron chi connectivity index (χ0n) is 19.1. The summed E-state index contributed by atoms with van der Waals surface area (Å²) in [6.45, 7) is 6.19. The molecule has 3 heterocycles. The fourth-order valence-electron chi connectivity index (χ4n) is 3.30. The molecule has 0 saturated heterocycles. The summed E-state index contributed by atoms with van der Waals surface area (Å²) in [7, 11) is 3.12. The van der Waals surface area contributed by atoms with Crippen LogP contribution in [0, 0.1) is 20.8 Å². The third-order valence-corrected chi connectivity index (χ3v) is 6.36. The maximum Gasteiger partial charge on any atom is 0.266 e. The van der Waals surface area contributed by atoms with Crippen LogP contribution in [0.4, 0.5) is 5.69 Å². The molecule has 0 spiro atoms. The van der Waals surface area contributed by atoms with Crippen LogP contribution in [-0.4, -0.2) is 35.1 Å². The van der Waals surface area contributed by atoms with Crippen molar-refractivity contribution in [3.63, 3.8) is 0 Å². The van der Waals surface area contributed by atoms with E-state index in [1.165, 1.54) is 16.9 Å². The highest BCUT2D eigenvalue weighted by atomic mass is 32.1. The van der Waals surface area contributed by atoms with Crippen LogP contribution in [0.3, 0.4) is 0 Å². The van der Waals surface area contributed by atoms with E-state index in [4.69, 9.17) is 14.2 Å². The molecule has 0 aliphatic carbocycles. The summed E-state index contributed by atoms with van der Waals surface area (Å²) in [5.41, 5.74) is 3.66. The van der Waals surface area contributed by atoms with Crippen molar-refractivity contribution in [2.75, 3.05) is 19.5 Å². The lowest BCUT2D eigenvalue weighted by molar-refractivity contribution is 0.103. The highest BCUT2D eigenvalue weighted by Crippen LogP contribution is 2.35. The number of hydrogen-bond acceptors (Lipinski definition) is 8. The van der Waals surface area contributed by atoms with Crippen molar-refractivity contribution in [1.29, 1.82) is 0 Å². The Morgan fingerprint density at radius 2 is 1.88 bits per heavy atom. The third kappa shape index (κ3) is 4.79. The maximum atomic E-state index is 13.0. The zero-order valence-corrected chi connectivity index (χ0v) is 19.9. The van der Waals surface area contributed by atoms with Crippen LogP contribution >= 0.6 is 11.3 Å². The topological polar surface area (TPSA) is 95.5 Å². The number of rotatable bonds is 7. The second-order valence-electron chi connectivity index (χ2n) is 7.51. The summed E-state index contributed by atoms with van der Waals surface area (Å²) in [4.78, 5) is 27.4. The van der Waals surface area contributed by atoms with Gasteiger partial charge in [-0.05, 0) is 55.7 Å². The highest BCUT2D eigenvalue weighted by Gasteiger charge is 2.21. The van der Waals surface area contributed by atoms with Crippen LogP contribution in [0.15, 0.2) is 36.5 Å². The number of carbonyl (C=O) groups excluding carboxylic acids is 1. The molecule has 0 fully saturated rings. The number of aryl methyl sites for hydroxylation is 3. The number of benzene rings is 1. The number of carbonyl (C=O) groups is 1. The molecule has 0 radical (unpaired) electrons. The molecule has 0 aliphatic heterocycles. The first kappa shape index (κ1) is 22.6. The number of fused-ring (bicyclic) bond motifs is 1. The van der Waals surface area contributed by atoms with E-state index in [2.05, 4.69) is 20.3 Å². The molecular weight excluding hydrogens is 440 g/mol. The summed E-state index contributed by atoms with van der Waals surface area (Å²) in [5, 5.41) is 3.61. The van der Waals surface area contributed by atoms with Gasteiger partial charge in [0, 0.05) is 13.2 Å². The molecule has 0 aliphatic rings. The quantitative estimate of drug-likeness (QED) is 0.401. The van der Waals surface area contributed by atoms with Gasteiger partial charge in [0.25, 0.3) is 5.91 Å².